The van der Waals surface area contributed by atoms with E-state index in [-0.39, 0.29) is 12.0 Å². The van der Waals surface area contributed by atoms with Gasteiger partial charge in [-0.15, -0.1) is 0 Å². The molecular weight excluding hydrogens is 252 g/mol. The zero-order valence-corrected chi connectivity index (χ0v) is 11.5. The predicted octanol–water partition coefficient (Wildman–Crippen LogP) is 2.08. The Morgan fingerprint density at radius 1 is 1.35 bits per heavy atom. The van der Waals surface area contributed by atoms with Crippen LogP contribution < -0.4 is 0 Å². The predicted molar refractivity (Wildman–Crippen MR) is 77.4 cm³/mol. The molecule has 0 radical (unpaired) electrons. The van der Waals surface area contributed by atoms with Gasteiger partial charge in [-0.3, -0.25) is 9.78 Å². The molecule has 104 valence electrons. The molecule has 0 spiro atoms. The first-order valence-corrected chi connectivity index (χ1v) is 6.92. The highest BCUT2D eigenvalue weighted by molar-refractivity contribution is 6.05. The average molecular weight is 270 g/mol. The first-order valence-electron chi connectivity index (χ1n) is 6.92. The normalized spacial score (nSPS) is 21.5. The summed E-state index contributed by atoms with van der Waals surface area (Å²) >= 11 is 0. The first kappa shape index (κ1) is 13.1. The minimum atomic E-state index is -0.176. The third kappa shape index (κ3) is 2.39. The van der Waals surface area contributed by atoms with Crippen molar-refractivity contribution < 1.29 is 9.90 Å². The van der Waals surface area contributed by atoms with E-state index in [0.29, 0.717) is 18.0 Å². The molecule has 2 aromatic rings. The molecule has 0 aliphatic heterocycles. The van der Waals surface area contributed by atoms with E-state index in [4.69, 9.17) is 0 Å². The molecule has 1 saturated carbocycles. The highest BCUT2D eigenvalue weighted by Crippen LogP contribution is 2.28. The molecule has 0 bridgehead atoms. The van der Waals surface area contributed by atoms with Crippen LogP contribution >= 0.6 is 0 Å². The van der Waals surface area contributed by atoms with Gasteiger partial charge in [-0.1, -0.05) is 18.2 Å². The SMILES string of the molecule is CN(CC1CC(O)C1)C(=O)c1ccnc2ccccc12. The fraction of sp³-hybridized carbons (Fsp3) is 0.375. The summed E-state index contributed by atoms with van der Waals surface area (Å²) in [6.45, 7) is 0.701. The standard InChI is InChI=1S/C16H18N2O2/c1-18(10-11-8-12(19)9-11)16(20)14-6-7-17-15-5-3-2-4-13(14)15/h2-7,11-12,19H,8-10H2,1H3. The van der Waals surface area contributed by atoms with Crippen molar-refractivity contribution in [1.82, 2.24) is 9.88 Å². The zero-order chi connectivity index (χ0) is 14.1. The summed E-state index contributed by atoms with van der Waals surface area (Å²) in [5.41, 5.74) is 1.53. The number of aliphatic hydroxyl groups is 1. The van der Waals surface area contributed by atoms with Crippen molar-refractivity contribution in [2.75, 3.05) is 13.6 Å². The zero-order valence-electron chi connectivity index (χ0n) is 11.5. The number of fused-ring (bicyclic) bond motifs is 1. The van der Waals surface area contributed by atoms with Gasteiger partial charge in [0.25, 0.3) is 5.91 Å². The molecule has 3 rings (SSSR count). The number of carbonyl (C=O) groups excluding carboxylic acids is 1. The third-order valence-corrected chi connectivity index (χ3v) is 3.97. The van der Waals surface area contributed by atoms with Crippen molar-refractivity contribution in [2.45, 2.75) is 18.9 Å². The fourth-order valence-corrected chi connectivity index (χ4v) is 2.81. The molecule has 0 atom stereocenters. The Kier molecular flexibility index (Phi) is 3.40. The summed E-state index contributed by atoms with van der Waals surface area (Å²) in [5, 5.41) is 10.2. The Bertz CT molecular complexity index is 630. The molecule has 20 heavy (non-hydrogen) atoms. The van der Waals surface area contributed by atoms with E-state index in [2.05, 4.69) is 4.98 Å². The van der Waals surface area contributed by atoms with Crippen LogP contribution in [0.15, 0.2) is 36.5 Å². The lowest BCUT2D eigenvalue weighted by Gasteiger charge is -2.34. The Labute approximate surface area is 118 Å². The molecule has 1 aliphatic carbocycles. The molecule has 1 amide bonds. The van der Waals surface area contributed by atoms with E-state index in [1.54, 1.807) is 17.2 Å². The molecular formula is C16H18N2O2. The maximum atomic E-state index is 12.6. The van der Waals surface area contributed by atoms with Crippen molar-refractivity contribution >= 4 is 16.8 Å². The topological polar surface area (TPSA) is 53.4 Å². The summed E-state index contributed by atoms with van der Waals surface area (Å²) < 4.78 is 0. The van der Waals surface area contributed by atoms with Gasteiger partial charge in [0.15, 0.2) is 0 Å². The van der Waals surface area contributed by atoms with E-state index in [1.165, 1.54) is 0 Å². The molecule has 1 fully saturated rings. The van der Waals surface area contributed by atoms with Gasteiger partial charge in [-0.2, -0.15) is 0 Å². The lowest BCUT2D eigenvalue weighted by Crippen LogP contribution is -2.39. The second-order valence-corrected chi connectivity index (χ2v) is 5.55. The number of nitrogens with zero attached hydrogens (tertiary/aromatic N) is 2. The van der Waals surface area contributed by atoms with Crippen LogP contribution in [-0.4, -0.2) is 40.6 Å². The number of hydrogen-bond donors (Lipinski definition) is 1. The van der Waals surface area contributed by atoms with Crippen molar-refractivity contribution in [1.29, 1.82) is 0 Å². The first-order chi connectivity index (χ1) is 9.65. The number of pyridine rings is 1. The number of aliphatic hydroxyl groups excluding tert-OH is 1. The highest BCUT2D eigenvalue weighted by Gasteiger charge is 2.29. The van der Waals surface area contributed by atoms with E-state index in [1.807, 2.05) is 31.3 Å². The van der Waals surface area contributed by atoms with Crippen molar-refractivity contribution in [3.05, 3.63) is 42.1 Å². The summed E-state index contributed by atoms with van der Waals surface area (Å²) in [7, 11) is 1.82. The Balaban J connectivity index is 1.81. The third-order valence-electron chi connectivity index (χ3n) is 3.97. The Morgan fingerprint density at radius 3 is 2.85 bits per heavy atom. The minimum Gasteiger partial charge on any atom is -0.393 e. The summed E-state index contributed by atoms with van der Waals surface area (Å²) in [5.74, 6) is 0.442. The van der Waals surface area contributed by atoms with Crippen LogP contribution in [0.25, 0.3) is 10.9 Å². The number of rotatable bonds is 3. The number of benzene rings is 1. The lowest BCUT2D eigenvalue weighted by atomic mass is 9.82. The van der Waals surface area contributed by atoms with E-state index < -0.39 is 0 Å². The van der Waals surface area contributed by atoms with Gasteiger partial charge in [0, 0.05) is 25.2 Å². The second kappa shape index (κ2) is 5.21. The molecule has 1 aromatic carbocycles. The summed E-state index contributed by atoms with van der Waals surface area (Å²) in [4.78, 5) is 18.6. The van der Waals surface area contributed by atoms with Crippen LogP contribution in [-0.2, 0) is 0 Å². The van der Waals surface area contributed by atoms with Gasteiger partial charge >= 0.3 is 0 Å². The number of amides is 1. The molecule has 1 heterocycles. The number of carbonyl (C=O) groups is 1. The van der Waals surface area contributed by atoms with Crippen molar-refractivity contribution in [2.24, 2.45) is 5.92 Å². The van der Waals surface area contributed by atoms with Crippen LogP contribution in [0.3, 0.4) is 0 Å². The van der Waals surface area contributed by atoms with Crippen LogP contribution in [0.5, 0.6) is 0 Å². The minimum absolute atomic E-state index is 0.0185. The van der Waals surface area contributed by atoms with Crippen LogP contribution in [0.4, 0.5) is 0 Å². The lowest BCUT2D eigenvalue weighted by molar-refractivity contribution is 0.0266. The quantitative estimate of drug-likeness (QED) is 0.929. The number of hydrogen-bond acceptors (Lipinski definition) is 3. The molecule has 4 nitrogen and oxygen atoms in total. The largest absolute Gasteiger partial charge is 0.393 e. The molecule has 1 N–H and O–H groups in total. The van der Waals surface area contributed by atoms with Crippen molar-refractivity contribution in [3.8, 4) is 0 Å². The molecule has 1 aliphatic rings. The van der Waals surface area contributed by atoms with Gasteiger partial charge in [0.05, 0.1) is 17.2 Å². The summed E-state index contributed by atoms with van der Waals surface area (Å²) in [6, 6.07) is 9.45. The van der Waals surface area contributed by atoms with Crippen molar-refractivity contribution in [3.63, 3.8) is 0 Å². The van der Waals surface area contributed by atoms with E-state index in [9.17, 15) is 9.90 Å². The average Bonchev–Trinajstić information content (AvgIpc) is 2.44. The van der Waals surface area contributed by atoms with Gasteiger partial charge in [-0.05, 0) is 30.9 Å². The number of aromatic nitrogens is 1. The summed E-state index contributed by atoms with van der Waals surface area (Å²) in [6.07, 6.45) is 3.10. The van der Waals surface area contributed by atoms with E-state index >= 15 is 0 Å². The second-order valence-electron chi connectivity index (χ2n) is 5.55. The number of para-hydroxylation sites is 1. The molecule has 0 unspecified atom stereocenters. The van der Waals surface area contributed by atoms with Gasteiger partial charge < -0.3 is 10.0 Å². The molecule has 0 saturated heterocycles. The fourth-order valence-electron chi connectivity index (χ4n) is 2.81. The monoisotopic (exact) mass is 270 g/mol. The van der Waals surface area contributed by atoms with Crippen LogP contribution in [0, 0.1) is 5.92 Å². The van der Waals surface area contributed by atoms with Gasteiger partial charge in [-0.25, -0.2) is 0 Å². The molecule has 1 aromatic heterocycles. The Morgan fingerprint density at radius 2 is 2.10 bits per heavy atom. The molecule has 4 heteroatoms. The van der Waals surface area contributed by atoms with Gasteiger partial charge in [0.2, 0.25) is 0 Å². The smallest absolute Gasteiger partial charge is 0.254 e. The maximum absolute atomic E-state index is 12.6. The van der Waals surface area contributed by atoms with Crippen LogP contribution in [0.1, 0.15) is 23.2 Å². The van der Waals surface area contributed by atoms with E-state index in [0.717, 1.165) is 23.7 Å². The highest BCUT2D eigenvalue weighted by atomic mass is 16.3. The Hall–Kier alpha value is -1.94. The maximum Gasteiger partial charge on any atom is 0.254 e. The van der Waals surface area contributed by atoms with Crippen LogP contribution in [0.2, 0.25) is 0 Å². The van der Waals surface area contributed by atoms with Gasteiger partial charge in [0.1, 0.15) is 0 Å².